The Bertz CT molecular complexity index is 649. The van der Waals surface area contributed by atoms with E-state index in [0.29, 0.717) is 21.3 Å². The summed E-state index contributed by atoms with van der Waals surface area (Å²) < 4.78 is 32.1. The van der Waals surface area contributed by atoms with Crippen LogP contribution in [0, 0.1) is 11.6 Å². The topological polar surface area (TPSA) is 9.23 Å². The van der Waals surface area contributed by atoms with Crippen molar-refractivity contribution in [3.05, 3.63) is 62.6 Å². The van der Waals surface area contributed by atoms with Crippen LogP contribution in [0.1, 0.15) is 16.0 Å². The normalized spacial score (nSPS) is 12.3. The SMILES string of the molecule is COc1cc(F)c(Br)cc1C(Br)c1ccc(F)cc1Cl. The summed E-state index contributed by atoms with van der Waals surface area (Å²) in [4.78, 5) is -0.345. The first kappa shape index (κ1) is 15.7. The Morgan fingerprint density at radius 1 is 1.15 bits per heavy atom. The van der Waals surface area contributed by atoms with Crippen LogP contribution in [0.25, 0.3) is 0 Å². The van der Waals surface area contributed by atoms with Crippen molar-refractivity contribution in [3.63, 3.8) is 0 Å². The van der Waals surface area contributed by atoms with Crippen LogP contribution in [-0.2, 0) is 0 Å². The lowest BCUT2D eigenvalue weighted by Gasteiger charge is -2.16. The molecule has 0 bridgehead atoms. The highest BCUT2D eigenvalue weighted by molar-refractivity contribution is 9.10. The van der Waals surface area contributed by atoms with Crippen molar-refractivity contribution >= 4 is 43.5 Å². The van der Waals surface area contributed by atoms with Crippen molar-refractivity contribution in [2.45, 2.75) is 4.83 Å². The summed E-state index contributed by atoms with van der Waals surface area (Å²) in [5, 5.41) is 0.286. The molecule has 1 unspecified atom stereocenters. The first-order valence-corrected chi connectivity index (χ1v) is 7.64. The van der Waals surface area contributed by atoms with Gasteiger partial charge in [-0.15, -0.1) is 0 Å². The van der Waals surface area contributed by atoms with Crippen LogP contribution in [0.3, 0.4) is 0 Å². The molecule has 0 aliphatic heterocycles. The first-order chi connectivity index (χ1) is 9.43. The van der Waals surface area contributed by atoms with Crippen LogP contribution in [-0.4, -0.2) is 7.11 Å². The van der Waals surface area contributed by atoms with E-state index in [-0.39, 0.29) is 9.85 Å². The predicted octanol–water partition coefficient (Wildman–Crippen LogP) is 5.87. The molecule has 0 fully saturated rings. The minimum absolute atomic E-state index is 0.286. The van der Waals surface area contributed by atoms with Gasteiger partial charge in [0.15, 0.2) is 0 Å². The van der Waals surface area contributed by atoms with E-state index in [9.17, 15) is 8.78 Å². The molecular weight excluding hydrogens is 417 g/mol. The van der Waals surface area contributed by atoms with E-state index in [1.807, 2.05) is 0 Å². The molecule has 2 aromatic carbocycles. The zero-order chi connectivity index (χ0) is 14.9. The van der Waals surface area contributed by atoms with E-state index in [1.54, 1.807) is 12.1 Å². The summed E-state index contributed by atoms with van der Waals surface area (Å²) >= 11 is 12.7. The number of halogens is 5. The highest BCUT2D eigenvalue weighted by Gasteiger charge is 2.20. The molecule has 106 valence electrons. The van der Waals surface area contributed by atoms with Gasteiger partial charge in [-0.2, -0.15) is 0 Å². The number of alkyl halides is 1. The smallest absolute Gasteiger partial charge is 0.141 e. The molecular formula is C14H9Br2ClF2O. The molecule has 20 heavy (non-hydrogen) atoms. The Labute approximate surface area is 137 Å². The third-order valence-electron chi connectivity index (χ3n) is 2.78. The quantitative estimate of drug-likeness (QED) is 0.558. The third kappa shape index (κ3) is 3.15. The molecule has 1 nitrogen and oxygen atoms in total. The summed E-state index contributed by atoms with van der Waals surface area (Å²) in [6.45, 7) is 0. The maximum atomic E-state index is 13.5. The summed E-state index contributed by atoms with van der Waals surface area (Å²) in [5.41, 5.74) is 1.36. The second kappa shape index (κ2) is 6.41. The minimum atomic E-state index is -0.421. The highest BCUT2D eigenvalue weighted by atomic mass is 79.9. The maximum absolute atomic E-state index is 13.5. The molecule has 6 heteroatoms. The van der Waals surface area contributed by atoms with Crippen LogP contribution in [0.4, 0.5) is 8.78 Å². The second-order valence-corrected chi connectivity index (χ2v) is 6.21. The lowest BCUT2D eigenvalue weighted by atomic mass is 10.0. The number of hydrogen-bond donors (Lipinski definition) is 0. The average molecular weight is 426 g/mol. The fourth-order valence-corrected chi connectivity index (χ4v) is 3.32. The van der Waals surface area contributed by atoms with Crippen molar-refractivity contribution in [2.75, 3.05) is 7.11 Å². The number of benzene rings is 2. The lowest BCUT2D eigenvalue weighted by Crippen LogP contribution is -1.99. The standard InChI is InChI=1S/C14H9Br2ClF2O/c1-20-13-6-12(19)10(15)5-9(13)14(16)8-3-2-7(18)4-11(8)17/h2-6,14H,1H3. The molecule has 0 heterocycles. The molecule has 0 aromatic heterocycles. The molecule has 0 amide bonds. The van der Waals surface area contributed by atoms with Gasteiger partial charge in [0.2, 0.25) is 0 Å². The number of rotatable bonds is 3. The molecule has 0 aliphatic rings. The minimum Gasteiger partial charge on any atom is -0.496 e. The van der Waals surface area contributed by atoms with Gasteiger partial charge in [0.1, 0.15) is 17.4 Å². The van der Waals surface area contributed by atoms with Crippen molar-refractivity contribution in [1.82, 2.24) is 0 Å². The van der Waals surface area contributed by atoms with Crippen LogP contribution >= 0.6 is 43.5 Å². The van der Waals surface area contributed by atoms with E-state index in [1.165, 1.54) is 25.3 Å². The zero-order valence-electron chi connectivity index (χ0n) is 10.3. The molecule has 0 saturated heterocycles. The molecule has 2 aromatic rings. The molecule has 0 spiro atoms. The van der Waals surface area contributed by atoms with Crippen LogP contribution in [0.2, 0.25) is 5.02 Å². The van der Waals surface area contributed by atoms with Gasteiger partial charge in [-0.3, -0.25) is 0 Å². The Balaban J connectivity index is 2.52. The molecule has 1 atom stereocenters. The Hall–Kier alpha value is -0.650. The van der Waals surface area contributed by atoms with Gasteiger partial charge in [0, 0.05) is 16.7 Å². The largest absolute Gasteiger partial charge is 0.496 e. The maximum Gasteiger partial charge on any atom is 0.141 e. The van der Waals surface area contributed by atoms with E-state index in [4.69, 9.17) is 16.3 Å². The van der Waals surface area contributed by atoms with Gasteiger partial charge in [0.25, 0.3) is 0 Å². The summed E-state index contributed by atoms with van der Waals surface area (Å²) in [5.74, 6) is -0.450. The summed E-state index contributed by atoms with van der Waals surface area (Å²) in [6, 6.07) is 7.02. The van der Waals surface area contributed by atoms with Gasteiger partial charge in [-0.1, -0.05) is 33.6 Å². The molecule has 0 saturated carbocycles. The first-order valence-electron chi connectivity index (χ1n) is 5.56. The average Bonchev–Trinajstić information content (AvgIpc) is 2.40. The fraction of sp³-hybridized carbons (Fsp3) is 0.143. The zero-order valence-corrected chi connectivity index (χ0v) is 14.2. The number of ether oxygens (including phenoxy) is 1. The van der Waals surface area contributed by atoms with Crippen molar-refractivity contribution < 1.29 is 13.5 Å². The van der Waals surface area contributed by atoms with Gasteiger partial charge in [0.05, 0.1) is 16.4 Å². The second-order valence-electron chi connectivity index (χ2n) is 4.04. The Kier molecular flexibility index (Phi) is 5.04. The Morgan fingerprint density at radius 2 is 1.85 bits per heavy atom. The fourth-order valence-electron chi connectivity index (χ4n) is 1.79. The molecule has 0 radical (unpaired) electrons. The third-order valence-corrected chi connectivity index (χ3v) is 4.70. The summed E-state index contributed by atoms with van der Waals surface area (Å²) in [6.07, 6.45) is 0. The highest BCUT2D eigenvalue weighted by Crippen LogP contribution is 2.41. The molecule has 0 aliphatic carbocycles. The van der Waals surface area contributed by atoms with E-state index >= 15 is 0 Å². The number of methoxy groups -OCH3 is 1. The van der Waals surface area contributed by atoms with Crippen LogP contribution in [0.15, 0.2) is 34.8 Å². The predicted molar refractivity (Wildman–Crippen MR) is 82.8 cm³/mol. The molecule has 0 N–H and O–H groups in total. The van der Waals surface area contributed by atoms with Crippen LogP contribution in [0.5, 0.6) is 5.75 Å². The van der Waals surface area contributed by atoms with Gasteiger partial charge >= 0.3 is 0 Å². The van der Waals surface area contributed by atoms with Crippen molar-refractivity contribution in [2.24, 2.45) is 0 Å². The lowest BCUT2D eigenvalue weighted by molar-refractivity contribution is 0.406. The van der Waals surface area contributed by atoms with Crippen LogP contribution < -0.4 is 4.74 Å². The van der Waals surface area contributed by atoms with Crippen molar-refractivity contribution in [1.29, 1.82) is 0 Å². The van der Waals surface area contributed by atoms with E-state index in [2.05, 4.69) is 31.9 Å². The molecule has 2 rings (SSSR count). The van der Waals surface area contributed by atoms with Gasteiger partial charge < -0.3 is 4.74 Å². The number of hydrogen-bond acceptors (Lipinski definition) is 1. The van der Waals surface area contributed by atoms with E-state index in [0.717, 1.165) is 0 Å². The van der Waals surface area contributed by atoms with Crippen molar-refractivity contribution in [3.8, 4) is 5.75 Å². The Morgan fingerprint density at radius 3 is 2.45 bits per heavy atom. The van der Waals surface area contributed by atoms with E-state index < -0.39 is 11.6 Å². The summed E-state index contributed by atoms with van der Waals surface area (Å²) in [7, 11) is 1.46. The van der Waals surface area contributed by atoms with Gasteiger partial charge in [-0.25, -0.2) is 8.78 Å². The van der Waals surface area contributed by atoms with Gasteiger partial charge in [-0.05, 0) is 39.7 Å². The monoisotopic (exact) mass is 424 g/mol.